The molecule has 0 aromatic heterocycles. The molecule has 0 fully saturated rings. The van der Waals surface area contributed by atoms with Crippen LogP contribution in [0.1, 0.15) is 18.5 Å². The minimum Gasteiger partial charge on any atom is -0.394 e. The van der Waals surface area contributed by atoms with Gasteiger partial charge in [-0.15, -0.1) is 0 Å². The summed E-state index contributed by atoms with van der Waals surface area (Å²) in [7, 11) is 0. The predicted molar refractivity (Wildman–Crippen MR) is 63.1 cm³/mol. The van der Waals surface area contributed by atoms with E-state index >= 15 is 0 Å². The average Bonchev–Trinajstić information content (AvgIpc) is 2.34. The van der Waals surface area contributed by atoms with Gasteiger partial charge in [0, 0.05) is 6.92 Å². The molecule has 0 bridgehead atoms. The van der Waals surface area contributed by atoms with Crippen molar-refractivity contribution in [3.63, 3.8) is 0 Å². The summed E-state index contributed by atoms with van der Waals surface area (Å²) < 4.78 is 0. The van der Waals surface area contributed by atoms with Gasteiger partial charge < -0.3 is 15.7 Å². The molecule has 5 heteroatoms. The summed E-state index contributed by atoms with van der Waals surface area (Å²) >= 11 is 0. The molecule has 0 spiro atoms. The Labute approximate surface area is 99.8 Å². The average molecular weight is 236 g/mol. The Bertz CT molecular complexity index is 379. The molecule has 1 atom stereocenters. The highest BCUT2D eigenvalue weighted by Gasteiger charge is 2.12. The quantitative estimate of drug-likeness (QED) is 0.672. The van der Waals surface area contributed by atoms with Gasteiger partial charge >= 0.3 is 0 Å². The summed E-state index contributed by atoms with van der Waals surface area (Å²) in [4.78, 5) is 22.1. The first-order valence-electron chi connectivity index (χ1n) is 5.33. The van der Waals surface area contributed by atoms with Crippen molar-refractivity contribution in [2.75, 3.05) is 13.2 Å². The summed E-state index contributed by atoms with van der Waals surface area (Å²) in [6.07, 6.45) is 0. The van der Waals surface area contributed by atoms with E-state index in [-0.39, 0.29) is 25.0 Å². The second-order valence-corrected chi connectivity index (χ2v) is 3.62. The number of hydrogen-bond donors (Lipinski definition) is 3. The third kappa shape index (κ3) is 4.65. The number of nitrogens with one attached hydrogen (secondary N) is 2. The fraction of sp³-hybridized carbons (Fsp3) is 0.333. The Kier molecular flexibility index (Phi) is 5.16. The van der Waals surface area contributed by atoms with Crippen molar-refractivity contribution in [1.29, 1.82) is 0 Å². The van der Waals surface area contributed by atoms with Crippen LogP contribution in [0.25, 0.3) is 0 Å². The number of hydrogen-bond acceptors (Lipinski definition) is 3. The van der Waals surface area contributed by atoms with Gasteiger partial charge in [-0.25, -0.2) is 0 Å². The van der Waals surface area contributed by atoms with E-state index in [2.05, 4.69) is 10.6 Å². The Morgan fingerprint density at radius 1 is 1.29 bits per heavy atom. The van der Waals surface area contributed by atoms with Gasteiger partial charge in [0.25, 0.3) is 0 Å². The number of rotatable bonds is 5. The second kappa shape index (κ2) is 6.65. The van der Waals surface area contributed by atoms with Crippen LogP contribution in [0.3, 0.4) is 0 Å². The monoisotopic (exact) mass is 236 g/mol. The fourth-order valence-corrected chi connectivity index (χ4v) is 1.37. The highest BCUT2D eigenvalue weighted by molar-refractivity contribution is 5.83. The fourth-order valence-electron chi connectivity index (χ4n) is 1.37. The molecule has 2 amide bonds. The molecule has 3 N–H and O–H groups in total. The smallest absolute Gasteiger partial charge is 0.239 e. The molecule has 1 unspecified atom stereocenters. The Morgan fingerprint density at radius 3 is 2.47 bits per heavy atom. The van der Waals surface area contributed by atoms with E-state index in [0.29, 0.717) is 0 Å². The summed E-state index contributed by atoms with van der Waals surface area (Å²) in [5.41, 5.74) is 0.825. The van der Waals surface area contributed by atoms with Gasteiger partial charge in [0.1, 0.15) is 0 Å². The predicted octanol–water partition coefficient (Wildman–Crippen LogP) is -0.0277. The topological polar surface area (TPSA) is 78.4 Å². The minimum absolute atomic E-state index is 0.0847. The van der Waals surface area contributed by atoms with Gasteiger partial charge in [-0.2, -0.15) is 0 Å². The molecule has 92 valence electrons. The molecule has 1 aromatic carbocycles. The second-order valence-electron chi connectivity index (χ2n) is 3.62. The van der Waals surface area contributed by atoms with Crippen LogP contribution >= 0.6 is 0 Å². The first-order valence-corrected chi connectivity index (χ1v) is 5.33. The van der Waals surface area contributed by atoms with Crippen molar-refractivity contribution in [2.24, 2.45) is 0 Å². The molecule has 0 heterocycles. The molecule has 0 aliphatic rings. The molecular weight excluding hydrogens is 220 g/mol. The van der Waals surface area contributed by atoms with Crippen LogP contribution in [-0.4, -0.2) is 30.1 Å². The van der Waals surface area contributed by atoms with E-state index < -0.39 is 6.04 Å². The summed E-state index contributed by atoms with van der Waals surface area (Å²) in [5.74, 6) is -0.594. The number of amides is 2. The summed E-state index contributed by atoms with van der Waals surface area (Å²) in [6.45, 7) is 1.07. The molecule has 5 nitrogen and oxygen atoms in total. The maximum atomic E-state index is 11.5. The zero-order chi connectivity index (χ0) is 12.7. The Hall–Kier alpha value is -1.88. The van der Waals surface area contributed by atoms with Crippen molar-refractivity contribution in [2.45, 2.75) is 13.0 Å². The van der Waals surface area contributed by atoms with Crippen molar-refractivity contribution in [1.82, 2.24) is 10.6 Å². The molecule has 0 aliphatic carbocycles. The molecule has 0 saturated heterocycles. The lowest BCUT2D eigenvalue weighted by Gasteiger charge is -2.16. The lowest BCUT2D eigenvalue weighted by atomic mass is 10.1. The van der Waals surface area contributed by atoms with Crippen LogP contribution in [0.4, 0.5) is 0 Å². The van der Waals surface area contributed by atoms with Gasteiger partial charge in [0.15, 0.2) is 0 Å². The van der Waals surface area contributed by atoms with E-state index in [1.807, 2.05) is 30.3 Å². The summed E-state index contributed by atoms with van der Waals surface area (Å²) in [5, 5.41) is 14.2. The van der Waals surface area contributed by atoms with Gasteiger partial charge in [0.05, 0.1) is 19.2 Å². The lowest BCUT2D eigenvalue weighted by Crippen LogP contribution is -2.38. The standard InChI is InChI=1S/C12H16N2O3/c1-9(16)13-7-12(17)14-11(8-15)10-5-3-2-4-6-10/h2-6,11,15H,7-8H2,1H3,(H,13,16)(H,14,17). The molecule has 1 aromatic rings. The number of benzene rings is 1. The molecule has 0 aliphatic heterocycles. The molecule has 0 radical (unpaired) electrons. The van der Waals surface area contributed by atoms with Crippen molar-refractivity contribution in [3.8, 4) is 0 Å². The molecule has 17 heavy (non-hydrogen) atoms. The van der Waals surface area contributed by atoms with Crippen LogP contribution in [0, 0.1) is 0 Å². The van der Waals surface area contributed by atoms with Crippen LogP contribution in [-0.2, 0) is 9.59 Å². The van der Waals surface area contributed by atoms with Crippen molar-refractivity contribution in [3.05, 3.63) is 35.9 Å². The zero-order valence-electron chi connectivity index (χ0n) is 9.64. The van der Waals surface area contributed by atoms with Crippen molar-refractivity contribution < 1.29 is 14.7 Å². The van der Waals surface area contributed by atoms with Crippen LogP contribution in [0.2, 0.25) is 0 Å². The van der Waals surface area contributed by atoms with E-state index in [4.69, 9.17) is 0 Å². The van der Waals surface area contributed by atoms with Gasteiger partial charge in [-0.3, -0.25) is 9.59 Å². The van der Waals surface area contributed by atoms with E-state index in [1.165, 1.54) is 6.92 Å². The van der Waals surface area contributed by atoms with E-state index in [1.54, 1.807) is 0 Å². The SMILES string of the molecule is CC(=O)NCC(=O)NC(CO)c1ccccc1. The third-order valence-corrected chi connectivity index (χ3v) is 2.22. The zero-order valence-corrected chi connectivity index (χ0v) is 9.64. The molecular formula is C12H16N2O3. The maximum absolute atomic E-state index is 11.5. The number of aliphatic hydroxyl groups is 1. The van der Waals surface area contributed by atoms with Crippen LogP contribution in [0.5, 0.6) is 0 Å². The Morgan fingerprint density at radius 2 is 1.94 bits per heavy atom. The first-order chi connectivity index (χ1) is 8.13. The highest BCUT2D eigenvalue weighted by atomic mass is 16.3. The third-order valence-electron chi connectivity index (χ3n) is 2.22. The maximum Gasteiger partial charge on any atom is 0.239 e. The van der Waals surface area contributed by atoms with Crippen LogP contribution < -0.4 is 10.6 Å². The summed E-state index contributed by atoms with van der Waals surface area (Å²) in [6, 6.07) is 8.71. The number of carbonyl (C=O) groups excluding carboxylic acids is 2. The first kappa shape index (κ1) is 13.2. The minimum atomic E-state index is -0.447. The van der Waals surface area contributed by atoms with Gasteiger partial charge in [0.2, 0.25) is 11.8 Å². The Balaban J connectivity index is 2.53. The van der Waals surface area contributed by atoms with Crippen molar-refractivity contribution >= 4 is 11.8 Å². The normalized spacial score (nSPS) is 11.6. The number of carbonyl (C=O) groups is 2. The highest BCUT2D eigenvalue weighted by Crippen LogP contribution is 2.10. The van der Waals surface area contributed by atoms with Gasteiger partial charge in [-0.05, 0) is 5.56 Å². The molecule has 0 saturated carbocycles. The van der Waals surface area contributed by atoms with E-state index in [9.17, 15) is 14.7 Å². The molecule has 1 rings (SSSR count). The van der Waals surface area contributed by atoms with E-state index in [0.717, 1.165) is 5.56 Å². The largest absolute Gasteiger partial charge is 0.394 e. The number of aliphatic hydroxyl groups excluding tert-OH is 1. The van der Waals surface area contributed by atoms with Gasteiger partial charge in [-0.1, -0.05) is 30.3 Å². The lowest BCUT2D eigenvalue weighted by molar-refractivity contribution is -0.125. The van der Waals surface area contributed by atoms with Crippen LogP contribution in [0.15, 0.2) is 30.3 Å².